The van der Waals surface area contributed by atoms with Crippen molar-refractivity contribution in [3.63, 3.8) is 0 Å². The lowest BCUT2D eigenvalue weighted by atomic mass is 10.0. The molecule has 0 unspecified atom stereocenters. The average Bonchev–Trinajstić information content (AvgIpc) is 3.30. The van der Waals surface area contributed by atoms with Crippen molar-refractivity contribution in [3.8, 4) is 0 Å². The molecule has 130 valence electrons. The van der Waals surface area contributed by atoms with E-state index < -0.39 is 0 Å². The van der Waals surface area contributed by atoms with Crippen molar-refractivity contribution < 1.29 is 18.8 Å². The zero-order chi connectivity index (χ0) is 16.9. The molecule has 0 spiro atoms. The molecule has 0 radical (unpaired) electrons. The summed E-state index contributed by atoms with van der Waals surface area (Å²) in [5, 5.41) is 7.83. The molecule has 1 aliphatic heterocycles. The first-order valence-corrected chi connectivity index (χ1v) is 7.98. The Kier molecular flexibility index (Phi) is 5.27. The number of hydrogen-bond acceptors (Lipinski definition) is 6. The Hall–Kier alpha value is -2.19. The van der Waals surface area contributed by atoms with Crippen LogP contribution in [0.2, 0.25) is 0 Å². The molecular formula is C16H22N4O4. The van der Waals surface area contributed by atoms with Gasteiger partial charge in [0.1, 0.15) is 0 Å². The minimum absolute atomic E-state index is 0.0350. The second-order valence-corrected chi connectivity index (χ2v) is 5.86. The molecule has 0 aliphatic carbocycles. The number of amides is 1. The van der Waals surface area contributed by atoms with Gasteiger partial charge in [0.2, 0.25) is 5.76 Å². The third-order valence-electron chi connectivity index (χ3n) is 4.22. The summed E-state index contributed by atoms with van der Waals surface area (Å²) in [6, 6.07) is 1.52. The molecule has 1 amide bonds. The fourth-order valence-corrected chi connectivity index (χ4v) is 3.08. The van der Waals surface area contributed by atoms with E-state index in [1.165, 1.54) is 6.20 Å². The lowest BCUT2D eigenvalue weighted by molar-refractivity contribution is -0.00000271. The quantitative estimate of drug-likeness (QED) is 0.700. The van der Waals surface area contributed by atoms with E-state index in [4.69, 9.17) is 14.0 Å². The van der Waals surface area contributed by atoms with Gasteiger partial charge in [0.15, 0.2) is 0 Å². The van der Waals surface area contributed by atoms with E-state index in [9.17, 15) is 4.79 Å². The van der Waals surface area contributed by atoms with E-state index in [1.54, 1.807) is 17.9 Å². The SMILES string of the molecule is COCCO[C@H]1CCN(C(=O)c2ccno2)[C@H]1Cc1cnn(C)c1. The van der Waals surface area contributed by atoms with Gasteiger partial charge < -0.3 is 18.9 Å². The molecule has 8 heteroatoms. The number of aryl methyl sites for hydroxylation is 1. The van der Waals surface area contributed by atoms with E-state index in [1.807, 2.05) is 24.3 Å². The van der Waals surface area contributed by atoms with Gasteiger partial charge in [-0.05, 0) is 18.4 Å². The highest BCUT2D eigenvalue weighted by Gasteiger charge is 2.39. The predicted octanol–water partition coefficient (Wildman–Crippen LogP) is 0.897. The molecule has 3 heterocycles. The first-order valence-electron chi connectivity index (χ1n) is 7.98. The minimum Gasteiger partial charge on any atom is -0.382 e. The van der Waals surface area contributed by atoms with Gasteiger partial charge in [0.25, 0.3) is 5.91 Å². The Labute approximate surface area is 140 Å². The van der Waals surface area contributed by atoms with Crippen LogP contribution in [0.5, 0.6) is 0 Å². The van der Waals surface area contributed by atoms with Crippen molar-refractivity contribution in [1.29, 1.82) is 0 Å². The van der Waals surface area contributed by atoms with Crippen molar-refractivity contribution in [1.82, 2.24) is 19.8 Å². The van der Waals surface area contributed by atoms with Crippen LogP contribution in [0.15, 0.2) is 29.2 Å². The van der Waals surface area contributed by atoms with E-state index in [0.717, 1.165) is 12.0 Å². The third-order valence-corrected chi connectivity index (χ3v) is 4.22. The van der Waals surface area contributed by atoms with Crippen molar-refractivity contribution >= 4 is 5.91 Å². The normalized spacial score (nSPS) is 20.7. The Morgan fingerprint density at radius 3 is 3.00 bits per heavy atom. The molecule has 2 atom stereocenters. The van der Waals surface area contributed by atoms with Gasteiger partial charge in [0, 0.05) is 33.0 Å². The highest BCUT2D eigenvalue weighted by Crippen LogP contribution is 2.26. The zero-order valence-electron chi connectivity index (χ0n) is 13.9. The first kappa shape index (κ1) is 16.7. The zero-order valence-corrected chi connectivity index (χ0v) is 13.9. The highest BCUT2D eigenvalue weighted by molar-refractivity contribution is 5.91. The molecule has 1 saturated heterocycles. The monoisotopic (exact) mass is 334 g/mol. The van der Waals surface area contributed by atoms with Crippen LogP contribution in [0.3, 0.4) is 0 Å². The van der Waals surface area contributed by atoms with Crippen LogP contribution in [-0.2, 0) is 22.9 Å². The fourth-order valence-electron chi connectivity index (χ4n) is 3.08. The summed E-state index contributed by atoms with van der Waals surface area (Å²) in [6.45, 7) is 1.67. The Bertz CT molecular complexity index is 655. The van der Waals surface area contributed by atoms with Crippen LogP contribution in [0.4, 0.5) is 0 Å². The Balaban J connectivity index is 1.75. The van der Waals surface area contributed by atoms with Crippen molar-refractivity contribution in [3.05, 3.63) is 36.0 Å². The van der Waals surface area contributed by atoms with Gasteiger partial charge >= 0.3 is 0 Å². The maximum atomic E-state index is 12.7. The second kappa shape index (κ2) is 7.59. The van der Waals surface area contributed by atoms with E-state index in [2.05, 4.69) is 10.3 Å². The lowest BCUT2D eigenvalue weighted by Gasteiger charge is -2.27. The van der Waals surface area contributed by atoms with Crippen LogP contribution in [-0.4, -0.2) is 64.8 Å². The number of carbonyl (C=O) groups is 1. The molecule has 2 aromatic rings. The molecule has 1 aliphatic rings. The summed E-state index contributed by atoms with van der Waals surface area (Å²) in [7, 11) is 3.52. The maximum absolute atomic E-state index is 12.7. The van der Waals surface area contributed by atoms with Gasteiger partial charge in [-0.2, -0.15) is 5.10 Å². The van der Waals surface area contributed by atoms with Crippen LogP contribution < -0.4 is 0 Å². The molecule has 2 aromatic heterocycles. The van der Waals surface area contributed by atoms with Crippen LogP contribution in [0, 0.1) is 0 Å². The fraction of sp³-hybridized carbons (Fsp3) is 0.562. The number of rotatable bonds is 7. The van der Waals surface area contributed by atoms with Crippen molar-refractivity contribution in [2.45, 2.75) is 25.0 Å². The number of hydrogen-bond donors (Lipinski definition) is 0. The van der Waals surface area contributed by atoms with Gasteiger partial charge in [-0.25, -0.2) is 0 Å². The van der Waals surface area contributed by atoms with Gasteiger partial charge in [0.05, 0.1) is 37.8 Å². The summed E-state index contributed by atoms with van der Waals surface area (Å²) in [4.78, 5) is 14.5. The summed E-state index contributed by atoms with van der Waals surface area (Å²) >= 11 is 0. The van der Waals surface area contributed by atoms with Crippen LogP contribution in [0.25, 0.3) is 0 Å². The third kappa shape index (κ3) is 3.65. The minimum atomic E-state index is -0.153. The molecule has 1 fully saturated rings. The highest BCUT2D eigenvalue weighted by atomic mass is 16.5. The topological polar surface area (TPSA) is 82.6 Å². The van der Waals surface area contributed by atoms with Gasteiger partial charge in [-0.3, -0.25) is 9.48 Å². The van der Waals surface area contributed by atoms with E-state index in [-0.39, 0.29) is 23.8 Å². The molecular weight excluding hydrogens is 312 g/mol. The number of likely N-dealkylation sites (tertiary alicyclic amines) is 1. The largest absolute Gasteiger partial charge is 0.382 e. The van der Waals surface area contributed by atoms with Crippen molar-refractivity contribution in [2.75, 3.05) is 26.9 Å². The number of nitrogens with zero attached hydrogens (tertiary/aromatic N) is 4. The summed E-state index contributed by atoms with van der Waals surface area (Å²) in [5.74, 6) is 0.1000. The number of carbonyl (C=O) groups excluding carboxylic acids is 1. The molecule has 3 rings (SSSR count). The molecule has 0 saturated carbocycles. The number of aromatic nitrogens is 3. The standard InChI is InChI=1S/C16H22N4O4/c1-19-11-12(10-17-19)9-13-14(23-8-7-22-2)4-6-20(13)16(21)15-3-5-18-24-15/h3,5,10-11,13-14H,4,6-9H2,1-2H3/t13-,14-/m0/s1. The molecule has 0 N–H and O–H groups in total. The summed E-state index contributed by atoms with van der Waals surface area (Å²) in [5.41, 5.74) is 1.07. The Morgan fingerprint density at radius 2 is 2.33 bits per heavy atom. The molecule has 0 aromatic carbocycles. The summed E-state index contributed by atoms with van der Waals surface area (Å²) < 4.78 is 17.8. The molecule has 24 heavy (non-hydrogen) atoms. The first-order chi connectivity index (χ1) is 11.7. The number of methoxy groups -OCH3 is 1. The average molecular weight is 334 g/mol. The van der Waals surface area contributed by atoms with Crippen LogP contribution >= 0.6 is 0 Å². The Morgan fingerprint density at radius 1 is 1.46 bits per heavy atom. The molecule has 0 bridgehead atoms. The van der Waals surface area contributed by atoms with E-state index in [0.29, 0.717) is 26.2 Å². The van der Waals surface area contributed by atoms with E-state index >= 15 is 0 Å². The maximum Gasteiger partial charge on any atom is 0.292 e. The smallest absolute Gasteiger partial charge is 0.292 e. The predicted molar refractivity (Wildman–Crippen MR) is 84.5 cm³/mol. The van der Waals surface area contributed by atoms with Gasteiger partial charge in [-0.15, -0.1) is 0 Å². The molecule has 8 nitrogen and oxygen atoms in total. The van der Waals surface area contributed by atoms with Gasteiger partial charge in [-0.1, -0.05) is 5.16 Å². The summed E-state index contributed by atoms with van der Waals surface area (Å²) in [6.07, 6.45) is 6.70. The van der Waals surface area contributed by atoms with Crippen molar-refractivity contribution in [2.24, 2.45) is 7.05 Å². The number of ether oxygens (including phenoxy) is 2. The lowest BCUT2D eigenvalue weighted by Crippen LogP contribution is -2.42. The second-order valence-electron chi connectivity index (χ2n) is 5.86. The van der Waals surface area contributed by atoms with Crippen LogP contribution in [0.1, 0.15) is 22.5 Å².